The molecule has 120 valence electrons. The van der Waals surface area contributed by atoms with E-state index in [1.54, 1.807) is 7.11 Å². The molecule has 1 saturated heterocycles. The van der Waals surface area contributed by atoms with Crippen molar-refractivity contribution in [1.29, 1.82) is 0 Å². The molecule has 0 amide bonds. The fraction of sp³-hybridized carbons (Fsp3) is 0.812. The Balaban J connectivity index is 2.34. The summed E-state index contributed by atoms with van der Waals surface area (Å²) < 4.78 is 7.49. The number of nitrogens with one attached hydrogen (secondary N) is 1. The van der Waals surface area contributed by atoms with E-state index in [0.717, 1.165) is 24.4 Å². The van der Waals surface area contributed by atoms with Gasteiger partial charge in [-0.3, -0.25) is 9.58 Å². The summed E-state index contributed by atoms with van der Waals surface area (Å²) in [6, 6.07) is 0.206. The van der Waals surface area contributed by atoms with E-state index in [2.05, 4.69) is 36.1 Å². The van der Waals surface area contributed by atoms with Crippen molar-refractivity contribution in [2.75, 3.05) is 26.7 Å². The summed E-state index contributed by atoms with van der Waals surface area (Å²) in [6.07, 6.45) is 5.53. The number of nitrogens with zero attached hydrogens (tertiary/aromatic N) is 3. The molecule has 1 aromatic rings. The van der Waals surface area contributed by atoms with E-state index in [-0.39, 0.29) is 11.6 Å². The molecule has 1 aliphatic heterocycles. The van der Waals surface area contributed by atoms with Gasteiger partial charge in [0.1, 0.15) is 0 Å². The van der Waals surface area contributed by atoms with Crippen LogP contribution in [0.5, 0.6) is 5.75 Å². The third-order valence-electron chi connectivity index (χ3n) is 4.67. The molecule has 5 nitrogen and oxygen atoms in total. The van der Waals surface area contributed by atoms with Crippen molar-refractivity contribution in [1.82, 2.24) is 20.0 Å². The molecule has 1 aliphatic rings. The molecular formula is C16H30N4O. The van der Waals surface area contributed by atoms with E-state index < -0.39 is 0 Å². The van der Waals surface area contributed by atoms with Crippen molar-refractivity contribution in [3.63, 3.8) is 0 Å². The second-order valence-electron chi connectivity index (χ2n) is 6.46. The predicted molar refractivity (Wildman–Crippen MR) is 85.7 cm³/mol. The number of hydrogen-bond acceptors (Lipinski definition) is 4. The van der Waals surface area contributed by atoms with Gasteiger partial charge in [-0.2, -0.15) is 5.10 Å². The average Bonchev–Trinajstić information content (AvgIpc) is 3.10. The monoisotopic (exact) mass is 294 g/mol. The van der Waals surface area contributed by atoms with Gasteiger partial charge in [0, 0.05) is 12.6 Å². The quantitative estimate of drug-likeness (QED) is 0.838. The highest BCUT2D eigenvalue weighted by atomic mass is 16.5. The van der Waals surface area contributed by atoms with Gasteiger partial charge in [0.05, 0.1) is 25.0 Å². The number of methoxy groups -OCH3 is 1. The van der Waals surface area contributed by atoms with Crippen LogP contribution in [0.25, 0.3) is 0 Å². The molecule has 0 aliphatic carbocycles. The highest BCUT2D eigenvalue weighted by molar-refractivity contribution is 5.31. The van der Waals surface area contributed by atoms with Crippen LogP contribution in [0.3, 0.4) is 0 Å². The third kappa shape index (κ3) is 3.24. The van der Waals surface area contributed by atoms with E-state index in [9.17, 15) is 0 Å². The molecule has 5 heteroatoms. The molecule has 1 N–H and O–H groups in total. The van der Waals surface area contributed by atoms with Crippen molar-refractivity contribution in [3.05, 3.63) is 11.9 Å². The zero-order chi connectivity index (χ0) is 15.5. The summed E-state index contributed by atoms with van der Waals surface area (Å²) >= 11 is 0. The van der Waals surface area contributed by atoms with Crippen LogP contribution in [0.4, 0.5) is 0 Å². The molecule has 0 bridgehead atoms. The number of aryl methyl sites for hydroxylation is 1. The highest BCUT2D eigenvalue weighted by Crippen LogP contribution is 2.37. The summed E-state index contributed by atoms with van der Waals surface area (Å²) in [5, 5.41) is 8.11. The lowest BCUT2D eigenvalue weighted by molar-refractivity contribution is 0.102. The molecule has 0 spiro atoms. The second kappa shape index (κ2) is 6.79. The largest absolute Gasteiger partial charge is 0.493 e. The van der Waals surface area contributed by atoms with Crippen LogP contribution >= 0.6 is 0 Å². The fourth-order valence-electron chi connectivity index (χ4n) is 3.36. The first-order valence-corrected chi connectivity index (χ1v) is 8.06. The minimum Gasteiger partial charge on any atom is -0.493 e. The molecule has 0 aromatic carbocycles. The molecule has 1 unspecified atom stereocenters. The molecule has 0 saturated carbocycles. The van der Waals surface area contributed by atoms with E-state index in [0.29, 0.717) is 0 Å². The fourth-order valence-corrected chi connectivity index (χ4v) is 3.36. The lowest BCUT2D eigenvalue weighted by Gasteiger charge is -2.42. The Labute approximate surface area is 128 Å². The molecule has 2 rings (SSSR count). The molecule has 1 fully saturated rings. The van der Waals surface area contributed by atoms with Crippen LogP contribution in [0.2, 0.25) is 0 Å². The molecule has 2 heterocycles. The smallest absolute Gasteiger partial charge is 0.161 e. The lowest BCUT2D eigenvalue weighted by atomic mass is 9.89. The molecule has 1 aromatic heterocycles. The average molecular weight is 294 g/mol. The van der Waals surface area contributed by atoms with Gasteiger partial charge in [-0.15, -0.1) is 0 Å². The van der Waals surface area contributed by atoms with Crippen LogP contribution in [0, 0.1) is 0 Å². The third-order valence-corrected chi connectivity index (χ3v) is 4.67. The maximum absolute atomic E-state index is 5.54. The van der Waals surface area contributed by atoms with Crippen LogP contribution in [-0.2, 0) is 7.05 Å². The number of rotatable bonds is 7. The van der Waals surface area contributed by atoms with Crippen LogP contribution in [0.1, 0.15) is 51.8 Å². The molecular weight excluding hydrogens is 264 g/mol. The Morgan fingerprint density at radius 1 is 1.38 bits per heavy atom. The molecule has 21 heavy (non-hydrogen) atoms. The van der Waals surface area contributed by atoms with Crippen LogP contribution in [-0.4, -0.2) is 47.0 Å². The van der Waals surface area contributed by atoms with Crippen molar-refractivity contribution in [2.24, 2.45) is 7.05 Å². The number of hydrogen-bond donors (Lipinski definition) is 1. The molecule has 1 atom stereocenters. The highest BCUT2D eigenvalue weighted by Gasteiger charge is 2.40. The predicted octanol–water partition coefficient (Wildman–Crippen LogP) is 2.34. The summed E-state index contributed by atoms with van der Waals surface area (Å²) in [6.45, 7) is 10.2. The first-order valence-electron chi connectivity index (χ1n) is 8.06. The second-order valence-corrected chi connectivity index (χ2v) is 6.46. The Morgan fingerprint density at radius 3 is 2.62 bits per heavy atom. The van der Waals surface area contributed by atoms with Crippen molar-refractivity contribution < 1.29 is 4.74 Å². The summed E-state index contributed by atoms with van der Waals surface area (Å²) in [7, 11) is 3.72. The van der Waals surface area contributed by atoms with Gasteiger partial charge in [-0.25, -0.2) is 0 Å². The van der Waals surface area contributed by atoms with Gasteiger partial charge in [-0.05, 0) is 52.7 Å². The number of likely N-dealkylation sites (tertiary alicyclic amines) is 1. The zero-order valence-corrected chi connectivity index (χ0v) is 14.1. The van der Waals surface area contributed by atoms with E-state index in [4.69, 9.17) is 4.74 Å². The Bertz CT molecular complexity index is 449. The van der Waals surface area contributed by atoms with Crippen molar-refractivity contribution in [3.8, 4) is 5.75 Å². The van der Waals surface area contributed by atoms with Gasteiger partial charge in [0.25, 0.3) is 0 Å². The van der Waals surface area contributed by atoms with Crippen molar-refractivity contribution in [2.45, 2.75) is 51.6 Å². The minimum absolute atomic E-state index is 0.0345. The van der Waals surface area contributed by atoms with E-state index in [1.807, 2.05) is 17.9 Å². The van der Waals surface area contributed by atoms with Crippen LogP contribution in [0.15, 0.2) is 6.20 Å². The van der Waals surface area contributed by atoms with Gasteiger partial charge < -0.3 is 10.1 Å². The normalized spacial score (nSPS) is 18.1. The van der Waals surface area contributed by atoms with E-state index in [1.165, 1.54) is 25.9 Å². The van der Waals surface area contributed by atoms with Gasteiger partial charge in [-0.1, -0.05) is 6.92 Å². The first kappa shape index (κ1) is 16.3. The first-order chi connectivity index (χ1) is 10.0. The maximum atomic E-state index is 5.54. The Morgan fingerprint density at radius 2 is 2.05 bits per heavy atom. The van der Waals surface area contributed by atoms with Crippen LogP contribution < -0.4 is 10.1 Å². The van der Waals surface area contributed by atoms with E-state index >= 15 is 0 Å². The minimum atomic E-state index is 0.0345. The van der Waals surface area contributed by atoms with Gasteiger partial charge in [0.2, 0.25) is 0 Å². The topological polar surface area (TPSA) is 42.3 Å². The maximum Gasteiger partial charge on any atom is 0.161 e. The SMILES string of the molecule is CCCNC(c1c(OC)cnn1C)C(C)(C)N1CCCC1. The number of ether oxygens (including phenoxy) is 1. The summed E-state index contributed by atoms with van der Waals surface area (Å²) in [5.74, 6) is 0.873. The summed E-state index contributed by atoms with van der Waals surface area (Å²) in [5.41, 5.74) is 1.18. The van der Waals surface area contributed by atoms with Crippen molar-refractivity contribution >= 4 is 0 Å². The van der Waals surface area contributed by atoms with Gasteiger partial charge in [0.15, 0.2) is 5.75 Å². The lowest BCUT2D eigenvalue weighted by Crippen LogP contribution is -2.52. The zero-order valence-electron chi connectivity index (χ0n) is 14.1. The Hall–Kier alpha value is -1.07. The number of aromatic nitrogens is 2. The molecule has 0 radical (unpaired) electrons. The van der Waals surface area contributed by atoms with Gasteiger partial charge >= 0.3 is 0 Å². The Kier molecular flexibility index (Phi) is 5.27. The standard InChI is InChI=1S/C16H30N4O/c1-6-9-17-15(14-13(21-5)12-18-19(14)4)16(2,3)20-10-7-8-11-20/h12,15,17H,6-11H2,1-5H3. The summed E-state index contributed by atoms with van der Waals surface area (Å²) in [4.78, 5) is 2.59.